The fourth-order valence-electron chi connectivity index (χ4n) is 2.90. The summed E-state index contributed by atoms with van der Waals surface area (Å²) < 4.78 is 18.4. The summed E-state index contributed by atoms with van der Waals surface area (Å²) in [7, 11) is 1.51. The number of benzene rings is 3. The van der Waals surface area contributed by atoms with Gasteiger partial charge in [-0.15, -0.1) is 0 Å². The second-order valence-corrected chi connectivity index (χ2v) is 9.03. The second kappa shape index (κ2) is 12.6. The monoisotopic (exact) mass is 606 g/mol. The van der Waals surface area contributed by atoms with E-state index >= 15 is 0 Å². The lowest BCUT2D eigenvalue weighted by atomic mass is 10.2. The number of rotatable bonds is 10. The highest BCUT2D eigenvalue weighted by Gasteiger charge is 2.13. The van der Waals surface area contributed by atoms with Crippen molar-refractivity contribution < 1.29 is 19.0 Å². The van der Waals surface area contributed by atoms with Crippen LogP contribution in [-0.2, 0) is 6.61 Å². The number of hydrogen-bond donors (Lipinski definition) is 1. The number of carbonyl (C=O) groups excluding carboxylic acids is 1. The molecule has 0 bridgehead atoms. The van der Waals surface area contributed by atoms with Gasteiger partial charge in [-0.3, -0.25) is 4.79 Å². The van der Waals surface area contributed by atoms with Crippen LogP contribution in [-0.4, -0.2) is 25.8 Å². The SMILES string of the molecule is C=CCOc1ccc(C(=O)N/N=C/c2cc(Br)cc(Br)c2OCc2ccccc2Cl)cc1OC. The number of nitrogens with one attached hydrogen (secondary N) is 1. The van der Waals surface area contributed by atoms with E-state index in [0.717, 1.165) is 14.5 Å². The maximum atomic E-state index is 12.6. The molecule has 0 fully saturated rings. The van der Waals surface area contributed by atoms with Crippen molar-refractivity contribution in [3.63, 3.8) is 0 Å². The van der Waals surface area contributed by atoms with E-state index in [1.54, 1.807) is 24.3 Å². The molecule has 9 heteroatoms. The largest absolute Gasteiger partial charge is 0.493 e. The number of carbonyl (C=O) groups is 1. The molecular formula is C25H21Br2ClN2O4. The zero-order chi connectivity index (χ0) is 24.5. The molecule has 0 aromatic heterocycles. The fraction of sp³-hybridized carbons (Fsp3) is 0.120. The Kier molecular flexibility index (Phi) is 9.56. The highest BCUT2D eigenvalue weighted by molar-refractivity contribution is 9.11. The van der Waals surface area contributed by atoms with Crippen molar-refractivity contribution in [1.82, 2.24) is 5.43 Å². The van der Waals surface area contributed by atoms with Crippen LogP contribution in [0.2, 0.25) is 5.02 Å². The van der Waals surface area contributed by atoms with Gasteiger partial charge in [0.05, 0.1) is 17.8 Å². The number of hydrazone groups is 1. The lowest BCUT2D eigenvalue weighted by Crippen LogP contribution is -2.17. The first-order valence-corrected chi connectivity index (χ1v) is 12.0. The zero-order valence-electron chi connectivity index (χ0n) is 18.2. The van der Waals surface area contributed by atoms with Gasteiger partial charge in [0, 0.05) is 26.2 Å². The Labute approximate surface area is 219 Å². The number of nitrogens with zero attached hydrogens (tertiary/aromatic N) is 1. The number of hydrogen-bond acceptors (Lipinski definition) is 5. The van der Waals surface area contributed by atoms with Gasteiger partial charge in [-0.25, -0.2) is 5.43 Å². The minimum Gasteiger partial charge on any atom is -0.493 e. The van der Waals surface area contributed by atoms with Crippen LogP contribution >= 0.6 is 43.5 Å². The molecule has 3 rings (SSSR count). The average molecular weight is 609 g/mol. The maximum Gasteiger partial charge on any atom is 0.271 e. The molecule has 1 amide bonds. The first-order chi connectivity index (χ1) is 16.4. The fourth-order valence-corrected chi connectivity index (χ4v) is 4.46. The number of halogens is 3. The highest BCUT2D eigenvalue weighted by atomic mass is 79.9. The van der Waals surface area contributed by atoms with Gasteiger partial charge in [0.2, 0.25) is 0 Å². The van der Waals surface area contributed by atoms with E-state index in [2.05, 4.69) is 49.0 Å². The van der Waals surface area contributed by atoms with Crippen molar-refractivity contribution in [2.24, 2.45) is 5.10 Å². The maximum absolute atomic E-state index is 12.6. The lowest BCUT2D eigenvalue weighted by molar-refractivity contribution is 0.0954. The summed E-state index contributed by atoms with van der Waals surface area (Å²) >= 11 is 13.2. The highest BCUT2D eigenvalue weighted by Crippen LogP contribution is 2.33. The van der Waals surface area contributed by atoms with Crippen LogP contribution in [0.5, 0.6) is 17.2 Å². The van der Waals surface area contributed by atoms with Gasteiger partial charge in [-0.05, 0) is 52.3 Å². The summed E-state index contributed by atoms with van der Waals surface area (Å²) in [5.41, 5.74) is 4.39. The Balaban J connectivity index is 1.74. The Morgan fingerprint density at radius 3 is 2.65 bits per heavy atom. The third kappa shape index (κ3) is 6.85. The van der Waals surface area contributed by atoms with Crippen molar-refractivity contribution in [3.05, 3.63) is 97.9 Å². The molecule has 0 unspecified atom stereocenters. The van der Waals surface area contributed by atoms with Gasteiger partial charge in [-0.1, -0.05) is 58.4 Å². The minimum atomic E-state index is -0.405. The van der Waals surface area contributed by atoms with Crippen molar-refractivity contribution >= 4 is 55.6 Å². The first kappa shape index (κ1) is 25.8. The average Bonchev–Trinajstić information content (AvgIpc) is 2.82. The predicted octanol–water partition coefficient (Wildman–Crippen LogP) is 6.78. The molecule has 34 heavy (non-hydrogen) atoms. The van der Waals surface area contributed by atoms with Crippen LogP contribution in [0.15, 0.2) is 81.3 Å². The predicted molar refractivity (Wildman–Crippen MR) is 141 cm³/mol. The Bertz CT molecular complexity index is 1220. The van der Waals surface area contributed by atoms with Crippen molar-refractivity contribution in [1.29, 1.82) is 0 Å². The van der Waals surface area contributed by atoms with Gasteiger partial charge in [-0.2, -0.15) is 5.10 Å². The Morgan fingerprint density at radius 2 is 1.91 bits per heavy atom. The summed E-state index contributed by atoms with van der Waals surface area (Å²) in [6.07, 6.45) is 3.13. The molecule has 0 atom stereocenters. The van der Waals surface area contributed by atoms with Crippen molar-refractivity contribution in [2.45, 2.75) is 6.61 Å². The van der Waals surface area contributed by atoms with Gasteiger partial charge in [0.25, 0.3) is 5.91 Å². The number of amides is 1. The number of ether oxygens (including phenoxy) is 3. The first-order valence-electron chi connectivity index (χ1n) is 10.0. The second-order valence-electron chi connectivity index (χ2n) is 6.85. The van der Waals surface area contributed by atoms with Crippen molar-refractivity contribution in [3.8, 4) is 17.2 Å². The molecule has 0 aliphatic rings. The summed E-state index contributed by atoms with van der Waals surface area (Å²) in [4.78, 5) is 12.6. The van der Waals surface area contributed by atoms with Gasteiger partial charge in [0.1, 0.15) is 19.0 Å². The molecule has 0 radical (unpaired) electrons. The lowest BCUT2D eigenvalue weighted by Gasteiger charge is -2.13. The summed E-state index contributed by atoms with van der Waals surface area (Å²) in [5, 5.41) is 4.72. The van der Waals surface area contributed by atoms with E-state index in [1.807, 2.05) is 36.4 Å². The molecule has 0 saturated heterocycles. The zero-order valence-corrected chi connectivity index (χ0v) is 22.1. The van der Waals surface area contributed by atoms with E-state index in [-0.39, 0.29) is 6.61 Å². The molecule has 3 aromatic rings. The normalized spacial score (nSPS) is 10.7. The van der Waals surface area contributed by atoms with Crippen LogP contribution in [0.4, 0.5) is 0 Å². The minimum absolute atomic E-state index is 0.271. The van der Waals surface area contributed by atoms with E-state index in [1.165, 1.54) is 13.3 Å². The van der Waals surface area contributed by atoms with Gasteiger partial charge < -0.3 is 14.2 Å². The van der Waals surface area contributed by atoms with E-state index < -0.39 is 5.91 Å². The molecule has 0 saturated carbocycles. The van der Waals surface area contributed by atoms with Crippen LogP contribution in [0.3, 0.4) is 0 Å². The van der Waals surface area contributed by atoms with Crippen LogP contribution in [0, 0.1) is 0 Å². The van der Waals surface area contributed by atoms with E-state index in [4.69, 9.17) is 25.8 Å². The Hall–Kier alpha value is -2.81. The molecule has 6 nitrogen and oxygen atoms in total. The molecule has 176 valence electrons. The summed E-state index contributed by atoms with van der Waals surface area (Å²) in [6.45, 7) is 4.22. The topological polar surface area (TPSA) is 69.2 Å². The van der Waals surface area contributed by atoms with Crippen LogP contribution < -0.4 is 19.6 Å². The van der Waals surface area contributed by atoms with E-state index in [9.17, 15) is 4.79 Å². The molecule has 0 spiro atoms. The molecule has 0 aliphatic carbocycles. The van der Waals surface area contributed by atoms with Gasteiger partial charge in [0.15, 0.2) is 11.5 Å². The van der Waals surface area contributed by atoms with Crippen molar-refractivity contribution in [2.75, 3.05) is 13.7 Å². The molecule has 1 N–H and O–H groups in total. The van der Waals surface area contributed by atoms with E-state index in [0.29, 0.717) is 40.0 Å². The molecule has 3 aromatic carbocycles. The summed E-state index contributed by atoms with van der Waals surface area (Å²) in [6, 6.07) is 16.0. The molecule has 0 heterocycles. The standard InChI is InChI=1S/C25H21Br2ClN2O4/c1-3-10-33-22-9-8-16(12-23(22)32-2)25(31)30-29-14-18-11-19(26)13-20(27)24(18)34-15-17-6-4-5-7-21(17)28/h3-9,11-14H,1,10,15H2,2H3,(H,30,31)/b29-14+. The smallest absolute Gasteiger partial charge is 0.271 e. The molecule has 0 aliphatic heterocycles. The third-order valence-electron chi connectivity index (χ3n) is 4.52. The quantitative estimate of drug-likeness (QED) is 0.157. The Morgan fingerprint density at radius 1 is 1.12 bits per heavy atom. The summed E-state index contributed by atoms with van der Waals surface area (Å²) in [5.74, 6) is 1.11. The van der Waals surface area contributed by atoms with Gasteiger partial charge >= 0.3 is 0 Å². The number of methoxy groups -OCH3 is 1. The molecular weight excluding hydrogens is 588 g/mol. The van der Waals surface area contributed by atoms with Crippen LogP contribution in [0.1, 0.15) is 21.5 Å². The van der Waals surface area contributed by atoms with Crippen LogP contribution in [0.25, 0.3) is 0 Å². The third-order valence-corrected chi connectivity index (χ3v) is 5.93.